The molecule has 0 spiro atoms. The van der Waals surface area contributed by atoms with Crippen LogP contribution in [0.15, 0.2) is 22.9 Å². The summed E-state index contributed by atoms with van der Waals surface area (Å²) in [6, 6.07) is 2.19. The van der Waals surface area contributed by atoms with Crippen LogP contribution in [0.25, 0.3) is 0 Å². The highest BCUT2D eigenvalue weighted by atomic mass is 19.4. The Balaban J connectivity index is 1.85. The summed E-state index contributed by atoms with van der Waals surface area (Å²) in [7, 11) is 0. The first-order valence-corrected chi connectivity index (χ1v) is 7.71. The van der Waals surface area contributed by atoms with E-state index in [1.165, 1.54) is 6.07 Å². The molecule has 0 aliphatic carbocycles. The average molecular weight is 356 g/mol. The fraction of sp³-hybridized carbons (Fsp3) is 0.438. The van der Waals surface area contributed by atoms with Gasteiger partial charge in [-0.2, -0.15) is 13.2 Å². The first-order chi connectivity index (χ1) is 11.7. The van der Waals surface area contributed by atoms with Crippen LogP contribution in [0.3, 0.4) is 0 Å². The quantitative estimate of drug-likeness (QED) is 0.776. The van der Waals surface area contributed by atoms with Crippen molar-refractivity contribution in [2.45, 2.75) is 32.9 Å². The van der Waals surface area contributed by atoms with Crippen molar-refractivity contribution in [3.05, 3.63) is 40.9 Å². The van der Waals surface area contributed by atoms with Crippen molar-refractivity contribution in [1.29, 1.82) is 0 Å². The number of amides is 1. The molecule has 6 nitrogen and oxygen atoms in total. The van der Waals surface area contributed by atoms with Crippen LogP contribution in [0.2, 0.25) is 0 Å². The zero-order chi connectivity index (χ0) is 18.6. The van der Waals surface area contributed by atoms with E-state index in [0.717, 1.165) is 12.3 Å². The second kappa shape index (κ2) is 7.54. The van der Waals surface area contributed by atoms with Gasteiger partial charge < -0.3 is 15.2 Å². The standard InChI is InChI=1S/C16H19F3N4O2/c1-9(2)14-13(10(3)23-25-14)15(24)21-7-6-20-12-5-4-11(8-22-12)16(17,18)19/h4-5,8-9H,6-7H2,1-3H3,(H,20,22)(H,21,24). The van der Waals surface area contributed by atoms with Gasteiger partial charge in [-0.3, -0.25) is 4.79 Å². The SMILES string of the molecule is Cc1noc(C(C)C)c1C(=O)NCCNc1ccc(C(F)(F)F)cn1. The van der Waals surface area contributed by atoms with Gasteiger partial charge in [0.25, 0.3) is 5.91 Å². The van der Waals surface area contributed by atoms with Crippen LogP contribution in [0.5, 0.6) is 0 Å². The topological polar surface area (TPSA) is 80.0 Å². The minimum absolute atomic E-state index is 0.0245. The van der Waals surface area contributed by atoms with Gasteiger partial charge in [0.05, 0.1) is 11.3 Å². The summed E-state index contributed by atoms with van der Waals surface area (Å²) < 4.78 is 42.5. The largest absolute Gasteiger partial charge is 0.417 e. The van der Waals surface area contributed by atoms with Gasteiger partial charge in [0.1, 0.15) is 11.4 Å². The molecule has 0 saturated carbocycles. The smallest absolute Gasteiger partial charge is 0.368 e. The van der Waals surface area contributed by atoms with Crippen LogP contribution >= 0.6 is 0 Å². The minimum Gasteiger partial charge on any atom is -0.368 e. The molecule has 0 bridgehead atoms. The van der Waals surface area contributed by atoms with Crippen molar-refractivity contribution in [3.63, 3.8) is 0 Å². The lowest BCUT2D eigenvalue weighted by molar-refractivity contribution is -0.137. The number of hydrogen-bond acceptors (Lipinski definition) is 5. The minimum atomic E-state index is -4.41. The number of nitrogens with one attached hydrogen (secondary N) is 2. The molecule has 25 heavy (non-hydrogen) atoms. The summed E-state index contributed by atoms with van der Waals surface area (Å²) in [5.74, 6) is 0.541. The Morgan fingerprint density at radius 1 is 1.28 bits per heavy atom. The van der Waals surface area contributed by atoms with E-state index in [4.69, 9.17) is 4.52 Å². The van der Waals surface area contributed by atoms with Crippen LogP contribution in [0.4, 0.5) is 19.0 Å². The van der Waals surface area contributed by atoms with Crippen LogP contribution in [-0.2, 0) is 6.18 Å². The number of rotatable bonds is 6. The highest BCUT2D eigenvalue weighted by Crippen LogP contribution is 2.28. The molecule has 0 aliphatic rings. The Hall–Kier alpha value is -2.58. The second-order valence-corrected chi connectivity index (χ2v) is 5.77. The predicted molar refractivity (Wildman–Crippen MR) is 85.4 cm³/mol. The van der Waals surface area contributed by atoms with Gasteiger partial charge in [0.15, 0.2) is 5.76 Å². The number of pyridine rings is 1. The van der Waals surface area contributed by atoms with E-state index in [9.17, 15) is 18.0 Å². The molecule has 0 saturated heterocycles. The lowest BCUT2D eigenvalue weighted by atomic mass is 10.0. The summed E-state index contributed by atoms with van der Waals surface area (Å²) in [5, 5.41) is 9.37. The van der Waals surface area contributed by atoms with Gasteiger partial charge in [0.2, 0.25) is 0 Å². The number of anilines is 1. The maximum absolute atomic E-state index is 12.5. The summed E-state index contributed by atoms with van der Waals surface area (Å²) in [6.07, 6.45) is -3.65. The van der Waals surface area contributed by atoms with Crippen LogP contribution in [0, 0.1) is 6.92 Å². The second-order valence-electron chi connectivity index (χ2n) is 5.77. The number of carbonyl (C=O) groups is 1. The summed E-state index contributed by atoms with van der Waals surface area (Å²) in [5.41, 5.74) is 0.122. The molecule has 9 heteroatoms. The lowest BCUT2D eigenvalue weighted by Gasteiger charge is -2.10. The molecule has 2 aromatic heterocycles. The van der Waals surface area contributed by atoms with Crippen LogP contribution < -0.4 is 10.6 Å². The zero-order valence-corrected chi connectivity index (χ0v) is 14.1. The number of nitrogens with zero attached hydrogens (tertiary/aromatic N) is 2. The highest BCUT2D eigenvalue weighted by Gasteiger charge is 2.30. The van der Waals surface area contributed by atoms with Gasteiger partial charge in [-0.05, 0) is 19.1 Å². The Bertz CT molecular complexity index is 724. The Morgan fingerprint density at radius 3 is 2.56 bits per heavy atom. The fourth-order valence-electron chi connectivity index (χ4n) is 2.18. The van der Waals surface area contributed by atoms with E-state index in [0.29, 0.717) is 29.4 Å². The molecule has 0 radical (unpaired) electrons. The average Bonchev–Trinajstić information content (AvgIpc) is 2.93. The van der Waals surface area contributed by atoms with Crippen LogP contribution in [-0.4, -0.2) is 29.1 Å². The summed E-state index contributed by atoms with van der Waals surface area (Å²) in [4.78, 5) is 15.9. The Kier molecular flexibility index (Phi) is 5.66. The maximum atomic E-state index is 12.5. The predicted octanol–water partition coefficient (Wildman–Crippen LogP) is 3.36. The molecule has 0 fully saturated rings. The van der Waals surface area contributed by atoms with E-state index in [-0.39, 0.29) is 18.4 Å². The van der Waals surface area contributed by atoms with Gasteiger partial charge >= 0.3 is 6.18 Å². The van der Waals surface area contributed by atoms with Crippen molar-refractivity contribution in [3.8, 4) is 0 Å². The molecule has 0 aromatic carbocycles. The summed E-state index contributed by atoms with van der Waals surface area (Å²) in [6.45, 7) is 6.06. The molecule has 2 N–H and O–H groups in total. The van der Waals surface area contributed by atoms with Crippen molar-refractivity contribution < 1.29 is 22.5 Å². The molecule has 0 unspecified atom stereocenters. The number of hydrogen-bond donors (Lipinski definition) is 2. The maximum Gasteiger partial charge on any atom is 0.417 e. The molecular formula is C16H19F3N4O2. The Morgan fingerprint density at radius 2 is 2.00 bits per heavy atom. The third-order valence-electron chi connectivity index (χ3n) is 3.45. The lowest BCUT2D eigenvalue weighted by Crippen LogP contribution is -2.29. The molecule has 2 heterocycles. The molecular weight excluding hydrogens is 337 g/mol. The van der Waals surface area contributed by atoms with E-state index in [1.54, 1.807) is 6.92 Å². The first-order valence-electron chi connectivity index (χ1n) is 7.71. The summed E-state index contributed by atoms with van der Waals surface area (Å²) >= 11 is 0. The molecule has 0 aliphatic heterocycles. The van der Waals surface area contributed by atoms with Crippen molar-refractivity contribution in [2.75, 3.05) is 18.4 Å². The number of halogens is 3. The molecule has 136 valence electrons. The first kappa shape index (κ1) is 18.8. The van der Waals surface area contributed by atoms with Gasteiger partial charge in [-0.25, -0.2) is 4.98 Å². The third-order valence-corrected chi connectivity index (χ3v) is 3.45. The van der Waals surface area contributed by atoms with E-state index >= 15 is 0 Å². The zero-order valence-electron chi connectivity index (χ0n) is 14.1. The molecule has 2 rings (SSSR count). The fourth-order valence-corrected chi connectivity index (χ4v) is 2.18. The third kappa shape index (κ3) is 4.71. The van der Waals surface area contributed by atoms with Gasteiger partial charge in [-0.15, -0.1) is 0 Å². The molecule has 2 aromatic rings. The van der Waals surface area contributed by atoms with Crippen molar-refractivity contribution >= 4 is 11.7 Å². The number of aromatic nitrogens is 2. The van der Waals surface area contributed by atoms with Gasteiger partial charge in [0, 0.05) is 25.2 Å². The highest BCUT2D eigenvalue weighted by molar-refractivity contribution is 5.96. The van der Waals surface area contributed by atoms with Crippen molar-refractivity contribution in [2.24, 2.45) is 0 Å². The van der Waals surface area contributed by atoms with Gasteiger partial charge in [-0.1, -0.05) is 19.0 Å². The number of aryl methyl sites for hydroxylation is 1. The van der Waals surface area contributed by atoms with E-state index in [2.05, 4.69) is 20.8 Å². The normalized spacial score (nSPS) is 11.6. The van der Waals surface area contributed by atoms with E-state index in [1.807, 2.05) is 13.8 Å². The number of alkyl halides is 3. The number of carbonyl (C=O) groups excluding carboxylic acids is 1. The molecule has 1 amide bonds. The molecule has 0 atom stereocenters. The monoisotopic (exact) mass is 356 g/mol. The van der Waals surface area contributed by atoms with E-state index < -0.39 is 11.7 Å². The van der Waals surface area contributed by atoms with Crippen LogP contribution in [0.1, 0.15) is 47.1 Å². The Labute approximate surface area is 142 Å². The van der Waals surface area contributed by atoms with Crippen molar-refractivity contribution in [1.82, 2.24) is 15.5 Å².